The van der Waals surface area contributed by atoms with Crippen LogP contribution < -0.4 is 17.2 Å². The molecule has 3 heterocycles. The first-order chi connectivity index (χ1) is 14.4. The van der Waals surface area contributed by atoms with Crippen molar-refractivity contribution in [1.82, 2.24) is 14.8 Å². The highest BCUT2D eigenvalue weighted by Gasteiger charge is 2.29. The SMILES string of the molecule is NC(=O)c1cc(-c2cc(N)cc(C(=O)N3CCC(N4CCCC4)CC3)c2)cnc1N. The fourth-order valence-corrected chi connectivity index (χ4v) is 4.50. The van der Waals surface area contributed by atoms with Gasteiger partial charge in [0.25, 0.3) is 11.8 Å². The summed E-state index contributed by atoms with van der Waals surface area (Å²) >= 11 is 0. The van der Waals surface area contributed by atoms with Crippen molar-refractivity contribution in [3.63, 3.8) is 0 Å². The monoisotopic (exact) mass is 408 g/mol. The van der Waals surface area contributed by atoms with Gasteiger partial charge in [0.1, 0.15) is 5.82 Å². The molecule has 1 aromatic carbocycles. The molecule has 2 aromatic rings. The van der Waals surface area contributed by atoms with Crippen molar-refractivity contribution in [3.8, 4) is 11.1 Å². The summed E-state index contributed by atoms with van der Waals surface area (Å²) < 4.78 is 0. The number of rotatable bonds is 4. The summed E-state index contributed by atoms with van der Waals surface area (Å²) in [5.41, 5.74) is 19.7. The Labute approximate surface area is 176 Å². The standard InChI is InChI=1S/C22H28N6O2/c23-17-10-14(16-12-19(21(25)29)20(24)26-13-16)9-15(11-17)22(30)28-7-3-18(4-8-28)27-5-1-2-6-27/h9-13,18H,1-8,23H2,(H2,24,26)(H2,25,29). The molecule has 0 aliphatic carbocycles. The lowest BCUT2D eigenvalue weighted by molar-refractivity contribution is 0.0644. The Morgan fingerprint density at radius 3 is 2.30 bits per heavy atom. The molecule has 158 valence electrons. The zero-order valence-corrected chi connectivity index (χ0v) is 17.0. The van der Waals surface area contributed by atoms with E-state index in [0.29, 0.717) is 28.4 Å². The first-order valence-electron chi connectivity index (χ1n) is 10.4. The average molecular weight is 409 g/mol. The number of hydrogen-bond acceptors (Lipinski definition) is 6. The lowest BCUT2D eigenvalue weighted by Crippen LogP contribution is -2.45. The van der Waals surface area contributed by atoms with Gasteiger partial charge >= 0.3 is 0 Å². The van der Waals surface area contributed by atoms with Gasteiger partial charge in [0, 0.05) is 42.1 Å². The summed E-state index contributed by atoms with van der Waals surface area (Å²) in [5.74, 6) is -0.600. The van der Waals surface area contributed by atoms with Crippen LogP contribution in [-0.2, 0) is 0 Å². The van der Waals surface area contributed by atoms with Crippen LogP contribution in [0.25, 0.3) is 11.1 Å². The Morgan fingerprint density at radius 2 is 1.63 bits per heavy atom. The summed E-state index contributed by atoms with van der Waals surface area (Å²) in [5, 5.41) is 0. The molecular weight excluding hydrogens is 380 g/mol. The first-order valence-corrected chi connectivity index (χ1v) is 10.4. The van der Waals surface area contributed by atoms with E-state index in [0.717, 1.165) is 25.9 Å². The maximum absolute atomic E-state index is 13.1. The molecule has 4 rings (SSSR count). The van der Waals surface area contributed by atoms with Crippen molar-refractivity contribution in [2.45, 2.75) is 31.7 Å². The molecule has 6 N–H and O–H groups in total. The number of pyridine rings is 1. The molecule has 2 fully saturated rings. The molecule has 30 heavy (non-hydrogen) atoms. The van der Waals surface area contributed by atoms with Gasteiger partial charge in [-0.25, -0.2) is 4.98 Å². The fourth-order valence-electron chi connectivity index (χ4n) is 4.50. The third-order valence-corrected chi connectivity index (χ3v) is 6.13. The van der Waals surface area contributed by atoms with Crippen molar-refractivity contribution in [2.75, 3.05) is 37.6 Å². The molecule has 0 saturated carbocycles. The minimum Gasteiger partial charge on any atom is -0.399 e. The summed E-state index contributed by atoms with van der Waals surface area (Å²) in [6, 6.07) is 7.38. The van der Waals surface area contributed by atoms with E-state index < -0.39 is 5.91 Å². The molecule has 2 aliphatic rings. The van der Waals surface area contributed by atoms with Gasteiger partial charge in [-0.05, 0) is 68.6 Å². The van der Waals surface area contributed by atoms with E-state index in [1.165, 1.54) is 25.9 Å². The Kier molecular flexibility index (Phi) is 5.59. The molecule has 2 amide bonds. The molecule has 2 aliphatic heterocycles. The van der Waals surface area contributed by atoms with Crippen LogP contribution in [0.3, 0.4) is 0 Å². The summed E-state index contributed by atoms with van der Waals surface area (Å²) in [6.45, 7) is 3.86. The summed E-state index contributed by atoms with van der Waals surface area (Å²) in [4.78, 5) is 33.2. The van der Waals surface area contributed by atoms with Crippen LogP contribution in [-0.4, -0.2) is 58.8 Å². The molecule has 0 spiro atoms. The number of carbonyl (C=O) groups excluding carboxylic acids is 2. The van der Waals surface area contributed by atoms with Crippen molar-refractivity contribution in [2.24, 2.45) is 5.73 Å². The van der Waals surface area contributed by atoms with Crippen molar-refractivity contribution >= 4 is 23.3 Å². The minimum absolute atomic E-state index is 0.0260. The van der Waals surface area contributed by atoms with E-state index in [1.807, 2.05) is 4.90 Å². The lowest BCUT2D eigenvalue weighted by atomic mass is 9.99. The fraction of sp³-hybridized carbons (Fsp3) is 0.409. The van der Waals surface area contributed by atoms with Gasteiger partial charge in [0.15, 0.2) is 0 Å². The van der Waals surface area contributed by atoms with E-state index in [1.54, 1.807) is 30.5 Å². The number of nitrogens with two attached hydrogens (primary N) is 3. The van der Waals surface area contributed by atoms with Gasteiger partial charge in [0.2, 0.25) is 0 Å². The molecule has 0 bridgehead atoms. The maximum Gasteiger partial charge on any atom is 0.253 e. The number of hydrogen-bond donors (Lipinski definition) is 3. The first kappa shape index (κ1) is 20.2. The Hall–Kier alpha value is -3.13. The molecule has 0 unspecified atom stereocenters. The normalized spacial score (nSPS) is 17.9. The number of amides is 2. The number of piperidine rings is 1. The van der Waals surface area contributed by atoms with Crippen molar-refractivity contribution < 1.29 is 9.59 Å². The quantitative estimate of drug-likeness (QED) is 0.660. The van der Waals surface area contributed by atoms with E-state index >= 15 is 0 Å². The number of aromatic nitrogens is 1. The highest BCUT2D eigenvalue weighted by atomic mass is 16.2. The number of benzene rings is 1. The van der Waals surface area contributed by atoms with Gasteiger partial charge in [-0.2, -0.15) is 0 Å². The molecule has 2 saturated heterocycles. The van der Waals surface area contributed by atoms with Crippen LogP contribution in [0.15, 0.2) is 30.5 Å². The van der Waals surface area contributed by atoms with E-state index in [2.05, 4.69) is 9.88 Å². The topological polar surface area (TPSA) is 132 Å². The zero-order chi connectivity index (χ0) is 21.3. The number of likely N-dealkylation sites (tertiary alicyclic amines) is 2. The number of nitrogens with zero attached hydrogens (tertiary/aromatic N) is 3. The van der Waals surface area contributed by atoms with E-state index in [4.69, 9.17) is 17.2 Å². The smallest absolute Gasteiger partial charge is 0.253 e. The lowest BCUT2D eigenvalue weighted by Gasteiger charge is -2.36. The maximum atomic E-state index is 13.1. The van der Waals surface area contributed by atoms with Gasteiger partial charge < -0.3 is 27.0 Å². The van der Waals surface area contributed by atoms with Gasteiger partial charge in [-0.15, -0.1) is 0 Å². The average Bonchev–Trinajstić information content (AvgIpc) is 3.28. The van der Waals surface area contributed by atoms with Crippen molar-refractivity contribution in [1.29, 1.82) is 0 Å². The molecular formula is C22H28N6O2. The summed E-state index contributed by atoms with van der Waals surface area (Å²) in [7, 11) is 0. The number of carbonyl (C=O) groups is 2. The van der Waals surface area contributed by atoms with Crippen LogP contribution in [0.2, 0.25) is 0 Å². The second-order valence-electron chi connectivity index (χ2n) is 8.13. The van der Waals surface area contributed by atoms with Crippen LogP contribution in [0.5, 0.6) is 0 Å². The van der Waals surface area contributed by atoms with Gasteiger partial charge in [0.05, 0.1) is 5.56 Å². The number of primary amides is 1. The molecule has 8 nitrogen and oxygen atoms in total. The highest BCUT2D eigenvalue weighted by Crippen LogP contribution is 2.27. The molecule has 0 atom stereocenters. The van der Waals surface area contributed by atoms with Gasteiger partial charge in [-0.3, -0.25) is 9.59 Å². The highest BCUT2D eigenvalue weighted by molar-refractivity contribution is 5.99. The van der Waals surface area contributed by atoms with E-state index in [9.17, 15) is 9.59 Å². The second-order valence-corrected chi connectivity index (χ2v) is 8.13. The zero-order valence-electron chi connectivity index (χ0n) is 17.0. The minimum atomic E-state index is -0.650. The van der Waals surface area contributed by atoms with Crippen LogP contribution in [0.1, 0.15) is 46.4 Å². The van der Waals surface area contributed by atoms with Crippen LogP contribution >= 0.6 is 0 Å². The largest absolute Gasteiger partial charge is 0.399 e. The van der Waals surface area contributed by atoms with E-state index in [-0.39, 0.29) is 17.3 Å². The predicted octanol–water partition coefficient (Wildman–Crippen LogP) is 1.71. The molecule has 0 radical (unpaired) electrons. The predicted molar refractivity (Wildman–Crippen MR) is 117 cm³/mol. The van der Waals surface area contributed by atoms with Crippen LogP contribution in [0.4, 0.5) is 11.5 Å². The molecule has 8 heteroatoms. The third kappa shape index (κ3) is 4.09. The third-order valence-electron chi connectivity index (χ3n) is 6.13. The Morgan fingerprint density at radius 1 is 0.933 bits per heavy atom. The summed E-state index contributed by atoms with van der Waals surface area (Å²) in [6.07, 6.45) is 6.12. The second kappa shape index (κ2) is 8.31. The van der Waals surface area contributed by atoms with Gasteiger partial charge in [-0.1, -0.05) is 0 Å². The number of anilines is 2. The van der Waals surface area contributed by atoms with Crippen LogP contribution in [0, 0.1) is 0 Å². The Bertz CT molecular complexity index is 962. The Balaban J connectivity index is 1.53. The molecule has 1 aromatic heterocycles. The number of nitrogen functional groups attached to an aromatic ring is 2. The van der Waals surface area contributed by atoms with Crippen molar-refractivity contribution in [3.05, 3.63) is 41.6 Å².